The highest BCUT2D eigenvalue weighted by molar-refractivity contribution is 5.26. The molecule has 1 aromatic heterocycles. The highest BCUT2D eigenvalue weighted by Gasteiger charge is 2.19. The lowest BCUT2D eigenvalue weighted by molar-refractivity contribution is 0.536. The number of aryl methyl sites for hydroxylation is 2. The number of nitrogens with zero attached hydrogens (tertiary/aromatic N) is 2. The average Bonchev–Trinajstić information content (AvgIpc) is 2.20. The van der Waals surface area contributed by atoms with Gasteiger partial charge in [-0.1, -0.05) is 34.6 Å². The van der Waals surface area contributed by atoms with Crippen LogP contribution in [0.4, 0.5) is 0 Å². The highest BCUT2D eigenvalue weighted by Crippen LogP contribution is 2.21. The van der Waals surface area contributed by atoms with Gasteiger partial charge in [0.25, 0.3) is 0 Å². The maximum Gasteiger partial charge on any atom is 0.134 e. The van der Waals surface area contributed by atoms with Crippen LogP contribution in [0.25, 0.3) is 0 Å². The summed E-state index contributed by atoms with van der Waals surface area (Å²) in [6.45, 7) is 16.0. The molecule has 0 saturated carbocycles. The van der Waals surface area contributed by atoms with Crippen LogP contribution in [-0.4, -0.2) is 22.6 Å². The Bertz CT molecular complexity index is 380. The summed E-state index contributed by atoms with van der Waals surface area (Å²) in [5, 5.41) is 3.44. The third-order valence-electron chi connectivity index (χ3n) is 3.02. The number of hydrogen-bond acceptors (Lipinski definition) is 3. The van der Waals surface area contributed by atoms with E-state index in [2.05, 4.69) is 63.8 Å². The smallest absolute Gasteiger partial charge is 0.134 e. The van der Waals surface area contributed by atoms with Gasteiger partial charge in [0.05, 0.1) is 0 Å². The highest BCUT2D eigenvalue weighted by atomic mass is 14.9. The Hall–Kier alpha value is -0.960. The van der Waals surface area contributed by atoms with Crippen molar-refractivity contribution in [1.29, 1.82) is 0 Å². The third-order valence-corrected chi connectivity index (χ3v) is 3.02. The SMILES string of the molecule is Cc1nc(C(C)(C)C)nc(C)c1CCNC(C)C. The summed E-state index contributed by atoms with van der Waals surface area (Å²) in [7, 11) is 0. The van der Waals surface area contributed by atoms with Crippen molar-refractivity contribution in [3.05, 3.63) is 22.8 Å². The molecule has 3 heteroatoms. The molecule has 1 N–H and O–H groups in total. The predicted octanol–water partition coefficient (Wildman–Crippen LogP) is 2.93. The molecule has 0 unspecified atom stereocenters. The van der Waals surface area contributed by atoms with E-state index < -0.39 is 0 Å². The molecule has 1 heterocycles. The summed E-state index contributed by atoms with van der Waals surface area (Å²) in [6, 6.07) is 0.528. The molecule has 0 aliphatic carbocycles. The zero-order valence-corrected chi connectivity index (χ0v) is 12.9. The number of hydrogen-bond donors (Lipinski definition) is 1. The minimum absolute atomic E-state index is 0.0181. The molecular formula is C15H27N3. The van der Waals surface area contributed by atoms with Crippen LogP contribution in [0.2, 0.25) is 0 Å². The van der Waals surface area contributed by atoms with Crippen LogP contribution in [0.15, 0.2) is 0 Å². The van der Waals surface area contributed by atoms with Crippen molar-refractivity contribution >= 4 is 0 Å². The number of rotatable bonds is 4. The van der Waals surface area contributed by atoms with Crippen LogP contribution < -0.4 is 5.32 Å². The molecule has 0 aliphatic heterocycles. The van der Waals surface area contributed by atoms with Gasteiger partial charge in [0.1, 0.15) is 5.82 Å². The van der Waals surface area contributed by atoms with E-state index in [1.54, 1.807) is 0 Å². The Labute approximate surface area is 111 Å². The second-order valence-corrected chi connectivity index (χ2v) is 6.31. The van der Waals surface area contributed by atoms with Gasteiger partial charge < -0.3 is 5.32 Å². The Balaban J connectivity index is 2.88. The zero-order valence-electron chi connectivity index (χ0n) is 12.9. The van der Waals surface area contributed by atoms with Gasteiger partial charge in [0.15, 0.2) is 0 Å². The largest absolute Gasteiger partial charge is 0.314 e. The topological polar surface area (TPSA) is 37.8 Å². The van der Waals surface area contributed by atoms with Crippen molar-refractivity contribution in [3.63, 3.8) is 0 Å². The second-order valence-electron chi connectivity index (χ2n) is 6.31. The summed E-state index contributed by atoms with van der Waals surface area (Å²) >= 11 is 0. The maximum absolute atomic E-state index is 4.66. The van der Waals surface area contributed by atoms with E-state index in [0.717, 1.165) is 30.2 Å². The first-order valence-corrected chi connectivity index (χ1v) is 6.79. The minimum Gasteiger partial charge on any atom is -0.314 e. The lowest BCUT2D eigenvalue weighted by atomic mass is 9.95. The first-order valence-electron chi connectivity index (χ1n) is 6.79. The molecule has 0 saturated heterocycles. The fourth-order valence-electron chi connectivity index (χ4n) is 1.92. The molecule has 0 fully saturated rings. The quantitative estimate of drug-likeness (QED) is 0.891. The first kappa shape index (κ1) is 15.1. The van der Waals surface area contributed by atoms with Crippen LogP contribution in [0.5, 0.6) is 0 Å². The van der Waals surface area contributed by atoms with E-state index in [1.807, 2.05) is 0 Å². The van der Waals surface area contributed by atoms with Crippen molar-refractivity contribution < 1.29 is 0 Å². The summed E-state index contributed by atoms with van der Waals surface area (Å²) in [5.41, 5.74) is 3.55. The first-order chi connectivity index (χ1) is 8.21. The Morgan fingerprint density at radius 2 is 1.56 bits per heavy atom. The third kappa shape index (κ3) is 4.05. The van der Waals surface area contributed by atoms with Gasteiger partial charge in [-0.25, -0.2) is 9.97 Å². The lowest BCUT2D eigenvalue weighted by Gasteiger charge is -2.20. The molecule has 0 spiro atoms. The monoisotopic (exact) mass is 249 g/mol. The standard InChI is InChI=1S/C15H27N3/c1-10(2)16-9-8-13-11(3)17-14(15(5,6)7)18-12(13)4/h10,16H,8-9H2,1-7H3. The van der Waals surface area contributed by atoms with Crippen molar-refractivity contribution in [2.45, 2.75) is 66.3 Å². The molecule has 102 valence electrons. The van der Waals surface area contributed by atoms with Crippen molar-refractivity contribution in [1.82, 2.24) is 15.3 Å². The fraction of sp³-hybridized carbons (Fsp3) is 0.733. The van der Waals surface area contributed by atoms with Crippen LogP contribution in [0.1, 0.15) is 57.4 Å². The van der Waals surface area contributed by atoms with Gasteiger partial charge >= 0.3 is 0 Å². The van der Waals surface area contributed by atoms with E-state index in [4.69, 9.17) is 0 Å². The van der Waals surface area contributed by atoms with Gasteiger partial charge in [-0.2, -0.15) is 0 Å². The van der Waals surface area contributed by atoms with Crippen LogP contribution in [0.3, 0.4) is 0 Å². The molecule has 0 amide bonds. The molecule has 0 aromatic carbocycles. The fourth-order valence-corrected chi connectivity index (χ4v) is 1.92. The van der Waals surface area contributed by atoms with E-state index in [-0.39, 0.29) is 5.41 Å². The van der Waals surface area contributed by atoms with Gasteiger partial charge in [0.2, 0.25) is 0 Å². The molecule has 3 nitrogen and oxygen atoms in total. The molecule has 1 aromatic rings. The Morgan fingerprint density at radius 3 is 1.94 bits per heavy atom. The van der Waals surface area contributed by atoms with Crippen LogP contribution in [-0.2, 0) is 11.8 Å². The molecular weight excluding hydrogens is 222 g/mol. The summed E-state index contributed by atoms with van der Waals surface area (Å²) in [5.74, 6) is 0.943. The van der Waals surface area contributed by atoms with Gasteiger partial charge in [-0.3, -0.25) is 0 Å². The van der Waals surface area contributed by atoms with Crippen molar-refractivity contribution in [2.75, 3.05) is 6.54 Å². The molecule has 0 atom stereocenters. The molecule has 18 heavy (non-hydrogen) atoms. The van der Waals surface area contributed by atoms with E-state index in [9.17, 15) is 0 Å². The molecule has 0 bridgehead atoms. The molecule has 0 radical (unpaired) electrons. The van der Waals surface area contributed by atoms with Crippen LogP contribution >= 0.6 is 0 Å². The Kier molecular flexibility index (Phi) is 4.85. The molecule has 0 aliphatic rings. The number of nitrogens with one attached hydrogen (secondary N) is 1. The average molecular weight is 249 g/mol. The normalized spacial score (nSPS) is 12.2. The van der Waals surface area contributed by atoms with Gasteiger partial charge in [0, 0.05) is 22.8 Å². The number of aromatic nitrogens is 2. The lowest BCUT2D eigenvalue weighted by Crippen LogP contribution is -2.26. The predicted molar refractivity (Wildman–Crippen MR) is 77.0 cm³/mol. The van der Waals surface area contributed by atoms with Crippen molar-refractivity contribution in [3.8, 4) is 0 Å². The summed E-state index contributed by atoms with van der Waals surface area (Å²) in [6.07, 6.45) is 1.00. The van der Waals surface area contributed by atoms with Gasteiger partial charge in [-0.05, 0) is 32.4 Å². The van der Waals surface area contributed by atoms with E-state index in [0.29, 0.717) is 6.04 Å². The summed E-state index contributed by atoms with van der Waals surface area (Å²) in [4.78, 5) is 9.33. The Morgan fingerprint density at radius 1 is 1.06 bits per heavy atom. The summed E-state index contributed by atoms with van der Waals surface area (Å²) < 4.78 is 0. The van der Waals surface area contributed by atoms with Crippen LogP contribution in [0, 0.1) is 13.8 Å². The maximum atomic E-state index is 4.66. The zero-order chi connectivity index (χ0) is 13.9. The van der Waals surface area contributed by atoms with Gasteiger partial charge in [-0.15, -0.1) is 0 Å². The van der Waals surface area contributed by atoms with Crippen molar-refractivity contribution in [2.24, 2.45) is 0 Å². The minimum atomic E-state index is 0.0181. The second kappa shape index (κ2) is 5.79. The van der Waals surface area contributed by atoms with E-state index in [1.165, 1.54) is 5.56 Å². The molecule has 1 rings (SSSR count). The van der Waals surface area contributed by atoms with E-state index >= 15 is 0 Å².